The summed E-state index contributed by atoms with van der Waals surface area (Å²) in [5.41, 5.74) is 1.28. The van der Waals surface area contributed by atoms with E-state index in [1.165, 1.54) is 24.8 Å². The van der Waals surface area contributed by atoms with Crippen molar-refractivity contribution in [1.29, 1.82) is 0 Å². The molecule has 0 aromatic rings. The molecule has 0 rings (SSSR count). The van der Waals surface area contributed by atoms with Crippen LogP contribution in [0.25, 0.3) is 0 Å². The zero-order chi connectivity index (χ0) is 12.6. The second-order valence-corrected chi connectivity index (χ2v) is 4.21. The first-order valence-corrected chi connectivity index (χ1v) is 5.55. The Bertz CT molecular complexity index is 262. The molecule has 0 unspecified atom stereocenters. The van der Waals surface area contributed by atoms with Gasteiger partial charge in [0.25, 0.3) is 0 Å². The summed E-state index contributed by atoms with van der Waals surface area (Å²) >= 11 is 0. The van der Waals surface area contributed by atoms with Crippen molar-refractivity contribution in [3.63, 3.8) is 0 Å². The van der Waals surface area contributed by atoms with Crippen LogP contribution in [0.15, 0.2) is 23.8 Å². The molecule has 0 aliphatic rings. The van der Waals surface area contributed by atoms with Gasteiger partial charge >= 0.3 is 5.97 Å². The fourth-order valence-electron chi connectivity index (χ4n) is 1.24. The zero-order valence-electron chi connectivity index (χ0n) is 10.6. The molecule has 0 amide bonds. The third-order valence-electron chi connectivity index (χ3n) is 2.39. The van der Waals surface area contributed by atoms with Gasteiger partial charge in [-0.25, -0.2) is 4.79 Å². The van der Waals surface area contributed by atoms with Crippen LogP contribution in [0.2, 0.25) is 0 Å². The molecule has 0 radical (unpaired) electrons. The van der Waals surface area contributed by atoms with E-state index in [2.05, 4.69) is 24.7 Å². The minimum atomic E-state index is -0.593. The maximum Gasteiger partial charge on any atom is 0.330 e. The van der Waals surface area contributed by atoms with Gasteiger partial charge < -0.3 is 9.84 Å². The van der Waals surface area contributed by atoms with Crippen LogP contribution in [0.1, 0.15) is 33.6 Å². The number of rotatable bonds is 6. The average molecular weight is 226 g/mol. The van der Waals surface area contributed by atoms with E-state index in [0.717, 1.165) is 12.8 Å². The number of aliphatic hydroxyl groups is 1. The summed E-state index contributed by atoms with van der Waals surface area (Å²) in [5, 5.41) is 9.71. The number of hydrogen-bond donors (Lipinski definition) is 1. The van der Waals surface area contributed by atoms with Crippen LogP contribution in [0.3, 0.4) is 0 Å². The van der Waals surface area contributed by atoms with Gasteiger partial charge in [-0.15, -0.1) is 0 Å². The van der Waals surface area contributed by atoms with Crippen LogP contribution < -0.4 is 0 Å². The lowest BCUT2D eigenvalue weighted by atomic mass is 9.98. The molecule has 0 heterocycles. The number of esters is 1. The maximum atomic E-state index is 10.8. The Morgan fingerprint density at radius 3 is 2.56 bits per heavy atom. The van der Waals surface area contributed by atoms with E-state index < -0.39 is 12.1 Å². The SMILES string of the molecule is COC(=O)/C=C/[C@H](O)[C@@H](C)CCC=C(C)C. The molecular weight excluding hydrogens is 204 g/mol. The third-order valence-corrected chi connectivity index (χ3v) is 2.39. The highest BCUT2D eigenvalue weighted by Gasteiger charge is 2.10. The van der Waals surface area contributed by atoms with Crippen LogP contribution in [0.5, 0.6) is 0 Å². The van der Waals surface area contributed by atoms with E-state index in [0.29, 0.717) is 0 Å². The first kappa shape index (κ1) is 14.9. The minimum absolute atomic E-state index is 0.136. The summed E-state index contributed by atoms with van der Waals surface area (Å²) in [6.07, 6.45) is 6.16. The van der Waals surface area contributed by atoms with E-state index in [9.17, 15) is 9.90 Å². The van der Waals surface area contributed by atoms with Gasteiger partial charge in [0.15, 0.2) is 0 Å². The van der Waals surface area contributed by atoms with Crippen molar-refractivity contribution >= 4 is 5.97 Å². The summed E-state index contributed by atoms with van der Waals surface area (Å²) in [6.45, 7) is 6.07. The molecule has 0 fully saturated rings. The highest BCUT2D eigenvalue weighted by molar-refractivity contribution is 5.81. The molecule has 3 heteroatoms. The Hall–Kier alpha value is -1.09. The van der Waals surface area contributed by atoms with E-state index in [4.69, 9.17) is 0 Å². The van der Waals surface area contributed by atoms with E-state index in [1.54, 1.807) is 0 Å². The summed E-state index contributed by atoms with van der Waals surface area (Å²) in [5.74, 6) is -0.299. The molecule has 0 saturated heterocycles. The summed E-state index contributed by atoms with van der Waals surface area (Å²) < 4.78 is 4.45. The number of hydrogen-bond acceptors (Lipinski definition) is 3. The van der Waals surface area contributed by atoms with Crippen molar-refractivity contribution in [1.82, 2.24) is 0 Å². The summed E-state index contributed by atoms with van der Waals surface area (Å²) in [6, 6.07) is 0. The minimum Gasteiger partial charge on any atom is -0.466 e. The van der Waals surface area contributed by atoms with Crippen molar-refractivity contribution in [3.8, 4) is 0 Å². The van der Waals surface area contributed by atoms with Crippen molar-refractivity contribution in [2.45, 2.75) is 39.7 Å². The highest BCUT2D eigenvalue weighted by atomic mass is 16.5. The second-order valence-electron chi connectivity index (χ2n) is 4.21. The van der Waals surface area contributed by atoms with Crippen LogP contribution >= 0.6 is 0 Å². The monoisotopic (exact) mass is 226 g/mol. The van der Waals surface area contributed by atoms with Crippen molar-refractivity contribution < 1.29 is 14.6 Å². The number of aliphatic hydroxyl groups excluding tert-OH is 1. The molecule has 0 bridgehead atoms. The van der Waals surface area contributed by atoms with Crippen LogP contribution in [-0.2, 0) is 9.53 Å². The standard InChI is InChI=1S/C13H22O3/c1-10(2)6-5-7-11(3)12(14)8-9-13(15)16-4/h6,8-9,11-12,14H,5,7H2,1-4H3/b9-8+/t11-,12-/m0/s1. The fraction of sp³-hybridized carbons (Fsp3) is 0.615. The van der Waals surface area contributed by atoms with Gasteiger partial charge in [-0.3, -0.25) is 0 Å². The topological polar surface area (TPSA) is 46.5 Å². The Balaban J connectivity index is 3.99. The van der Waals surface area contributed by atoms with Crippen molar-refractivity contribution in [3.05, 3.63) is 23.8 Å². The van der Waals surface area contributed by atoms with Crippen molar-refractivity contribution in [2.24, 2.45) is 5.92 Å². The molecule has 0 aromatic heterocycles. The van der Waals surface area contributed by atoms with Gasteiger partial charge in [-0.05, 0) is 38.7 Å². The summed E-state index contributed by atoms with van der Waals surface area (Å²) in [4.78, 5) is 10.8. The van der Waals surface area contributed by atoms with Gasteiger partial charge in [0.2, 0.25) is 0 Å². The van der Waals surface area contributed by atoms with Crippen molar-refractivity contribution in [2.75, 3.05) is 7.11 Å². The number of carbonyl (C=O) groups is 1. The first-order chi connectivity index (χ1) is 7.47. The van der Waals surface area contributed by atoms with Gasteiger partial charge in [-0.1, -0.05) is 18.6 Å². The molecule has 0 aliphatic heterocycles. The molecular formula is C13H22O3. The smallest absolute Gasteiger partial charge is 0.330 e. The highest BCUT2D eigenvalue weighted by Crippen LogP contribution is 2.13. The second kappa shape index (κ2) is 8.11. The molecule has 0 saturated carbocycles. The van der Waals surface area contributed by atoms with Gasteiger partial charge in [0.1, 0.15) is 0 Å². The Kier molecular flexibility index (Phi) is 7.56. The third kappa shape index (κ3) is 7.23. The molecule has 3 nitrogen and oxygen atoms in total. The predicted octanol–water partition coefficient (Wildman–Crippen LogP) is 2.46. The quantitative estimate of drug-likeness (QED) is 0.430. The molecule has 92 valence electrons. The Morgan fingerprint density at radius 1 is 1.44 bits per heavy atom. The average Bonchev–Trinajstić information content (AvgIpc) is 2.24. The number of ether oxygens (including phenoxy) is 1. The number of allylic oxidation sites excluding steroid dienone is 2. The van der Waals surface area contributed by atoms with Crippen LogP contribution in [0, 0.1) is 5.92 Å². The zero-order valence-corrected chi connectivity index (χ0v) is 10.6. The van der Waals surface area contributed by atoms with Gasteiger partial charge in [0, 0.05) is 6.08 Å². The molecule has 1 N–H and O–H groups in total. The van der Waals surface area contributed by atoms with E-state index >= 15 is 0 Å². The summed E-state index contributed by atoms with van der Waals surface area (Å²) in [7, 11) is 1.32. The number of carbonyl (C=O) groups excluding carboxylic acids is 1. The fourth-order valence-corrected chi connectivity index (χ4v) is 1.24. The van der Waals surface area contributed by atoms with Gasteiger partial charge in [-0.2, -0.15) is 0 Å². The molecule has 0 aromatic carbocycles. The lowest BCUT2D eigenvalue weighted by Crippen LogP contribution is -2.15. The molecule has 0 spiro atoms. The predicted molar refractivity (Wildman–Crippen MR) is 65.0 cm³/mol. The van der Waals surface area contributed by atoms with Crippen LogP contribution in [0.4, 0.5) is 0 Å². The Morgan fingerprint density at radius 2 is 2.06 bits per heavy atom. The Labute approximate surface area is 97.8 Å². The van der Waals surface area contributed by atoms with Gasteiger partial charge in [0.05, 0.1) is 13.2 Å². The lowest BCUT2D eigenvalue weighted by molar-refractivity contribution is -0.134. The maximum absolute atomic E-state index is 10.8. The van der Waals surface area contributed by atoms with E-state index in [1.807, 2.05) is 6.92 Å². The number of methoxy groups -OCH3 is 1. The van der Waals surface area contributed by atoms with E-state index in [-0.39, 0.29) is 5.92 Å². The van der Waals surface area contributed by atoms with Crippen LogP contribution in [-0.4, -0.2) is 24.3 Å². The lowest BCUT2D eigenvalue weighted by Gasteiger charge is -2.14. The normalized spacial score (nSPS) is 14.6. The molecule has 16 heavy (non-hydrogen) atoms. The molecule has 0 aliphatic carbocycles. The molecule has 2 atom stereocenters. The first-order valence-electron chi connectivity index (χ1n) is 5.55. The largest absolute Gasteiger partial charge is 0.466 e.